The molecule has 2 amide bonds. The second-order valence-electron chi connectivity index (χ2n) is 6.38. The molecule has 2 aromatic rings. The quantitative estimate of drug-likeness (QED) is 0.898. The molecule has 0 radical (unpaired) electrons. The van der Waals surface area contributed by atoms with Gasteiger partial charge in [0.2, 0.25) is 5.91 Å². The standard InChI is InChI=1S/C19H16F2N2O3/c1-26-16-6-7-23-17(16)18(24)22-15-5-2-10(8-13(15)19(23)25)12-4-3-11(20)9-14(12)21/h2-5,8-9,16-17H,6-7H2,1H3,(H,22,24)/t16-,17-/m0/s1. The highest BCUT2D eigenvalue weighted by atomic mass is 19.1. The number of anilines is 1. The van der Waals surface area contributed by atoms with Crippen molar-refractivity contribution >= 4 is 17.5 Å². The fourth-order valence-electron chi connectivity index (χ4n) is 3.63. The molecule has 2 aromatic carbocycles. The number of carbonyl (C=O) groups is 2. The third kappa shape index (κ3) is 2.55. The smallest absolute Gasteiger partial charge is 0.256 e. The zero-order valence-corrected chi connectivity index (χ0v) is 14.0. The van der Waals surface area contributed by atoms with Gasteiger partial charge in [-0.15, -0.1) is 0 Å². The number of amides is 2. The van der Waals surface area contributed by atoms with Gasteiger partial charge in [0.1, 0.15) is 17.7 Å². The molecule has 1 fully saturated rings. The lowest BCUT2D eigenvalue weighted by atomic mass is 10.0. The van der Waals surface area contributed by atoms with Gasteiger partial charge < -0.3 is 15.0 Å². The number of fused-ring (bicyclic) bond motifs is 2. The Balaban J connectivity index is 1.78. The van der Waals surface area contributed by atoms with E-state index in [4.69, 9.17) is 4.74 Å². The summed E-state index contributed by atoms with van der Waals surface area (Å²) in [5.74, 6) is -2.00. The Labute approximate surface area is 148 Å². The molecule has 0 aliphatic carbocycles. The summed E-state index contributed by atoms with van der Waals surface area (Å²) in [6.45, 7) is 0.407. The van der Waals surface area contributed by atoms with Crippen LogP contribution in [0, 0.1) is 11.6 Å². The van der Waals surface area contributed by atoms with E-state index in [0.29, 0.717) is 24.2 Å². The van der Waals surface area contributed by atoms with E-state index in [-0.39, 0.29) is 29.0 Å². The predicted octanol–water partition coefficient (Wildman–Crippen LogP) is 2.81. The Kier molecular flexibility index (Phi) is 3.96. The summed E-state index contributed by atoms with van der Waals surface area (Å²) >= 11 is 0. The summed E-state index contributed by atoms with van der Waals surface area (Å²) in [4.78, 5) is 27.0. The maximum absolute atomic E-state index is 14.1. The van der Waals surface area contributed by atoms with Crippen LogP contribution in [-0.4, -0.2) is 42.5 Å². The molecule has 0 spiro atoms. The zero-order chi connectivity index (χ0) is 18.4. The minimum Gasteiger partial charge on any atom is -0.379 e. The second kappa shape index (κ2) is 6.17. The van der Waals surface area contributed by atoms with E-state index in [0.717, 1.165) is 12.1 Å². The number of nitrogens with zero attached hydrogens (tertiary/aromatic N) is 1. The highest BCUT2D eigenvalue weighted by molar-refractivity contribution is 6.11. The number of hydrogen-bond donors (Lipinski definition) is 1. The second-order valence-corrected chi connectivity index (χ2v) is 6.38. The van der Waals surface area contributed by atoms with Gasteiger partial charge >= 0.3 is 0 Å². The molecule has 2 atom stereocenters. The summed E-state index contributed by atoms with van der Waals surface area (Å²) in [5.41, 5.74) is 1.27. The molecule has 7 heteroatoms. The van der Waals surface area contributed by atoms with E-state index < -0.39 is 17.7 Å². The maximum Gasteiger partial charge on any atom is 0.256 e. The molecule has 26 heavy (non-hydrogen) atoms. The molecule has 2 aliphatic rings. The van der Waals surface area contributed by atoms with Gasteiger partial charge in [0.25, 0.3) is 5.91 Å². The van der Waals surface area contributed by atoms with Gasteiger partial charge in [0.05, 0.1) is 17.4 Å². The summed E-state index contributed by atoms with van der Waals surface area (Å²) in [6, 6.07) is 7.27. The number of methoxy groups -OCH3 is 1. The fraction of sp³-hybridized carbons (Fsp3) is 0.263. The predicted molar refractivity (Wildman–Crippen MR) is 90.7 cm³/mol. The molecule has 1 N–H and O–H groups in total. The lowest BCUT2D eigenvalue weighted by Crippen LogP contribution is -2.46. The molecule has 0 aromatic heterocycles. The summed E-state index contributed by atoms with van der Waals surface area (Å²) in [6.07, 6.45) is 0.212. The number of rotatable bonds is 2. The molecule has 1 saturated heterocycles. The van der Waals surface area contributed by atoms with Crippen molar-refractivity contribution in [2.24, 2.45) is 0 Å². The van der Waals surface area contributed by atoms with Gasteiger partial charge in [0.15, 0.2) is 0 Å². The van der Waals surface area contributed by atoms with E-state index in [1.807, 2.05) is 0 Å². The Morgan fingerprint density at radius 1 is 1.12 bits per heavy atom. The third-order valence-electron chi connectivity index (χ3n) is 4.92. The monoisotopic (exact) mass is 358 g/mol. The van der Waals surface area contributed by atoms with Crippen LogP contribution in [0.3, 0.4) is 0 Å². The number of ether oxygens (including phenoxy) is 1. The zero-order valence-electron chi connectivity index (χ0n) is 14.0. The van der Waals surface area contributed by atoms with Crippen molar-refractivity contribution in [1.82, 2.24) is 4.90 Å². The van der Waals surface area contributed by atoms with Gasteiger partial charge in [-0.2, -0.15) is 0 Å². The highest BCUT2D eigenvalue weighted by Gasteiger charge is 2.45. The lowest BCUT2D eigenvalue weighted by Gasteiger charge is -2.23. The molecular formula is C19H16F2N2O3. The minimum absolute atomic E-state index is 0.185. The molecule has 2 heterocycles. The fourth-order valence-corrected chi connectivity index (χ4v) is 3.63. The number of benzene rings is 2. The maximum atomic E-state index is 14.1. The van der Waals surface area contributed by atoms with Crippen LogP contribution in [0.15, 0.2) is 36.4 Å². The molecule has 2 aliphatic heterocycles. The van der Waals surface area contributed by atoms with Crippen molar-refractivity contribution in [3.63, 3.8) is 0 Å². The van der Waals surface area contributed by atoms with Crippen LogP contribution in [0.5, 0.6) is 0 Å². The largest absolute Gasteiger partial charge is 0.379 e. The van der Waals surface area contributed by atoms with E-state index in [1.54, 1.807) is 12.1 Å². The van der Waals surface area contributed by atoms with Gasteiger partial charge in [-0.3, -0.25) is 9.59 Å². The number of nitrogens with one attached hydrogen (secondary N) is 1. The first kappa shape index (κ1) is 16.7. The van der Waals surface area contributed by atoms with Crippen LogP contribution < -0.4 is 5.32 Å². The molecule has 134 valence electrons. The SMILES string of the molecule is CO[C@H]1CCN2C(=O)c3cc(-c4ccc(F)cc4F)ccc3NC(=O)[C@H]12. The minimum atomic E-state index is -0.714. The average Bonchev–Trinajstić information content (AvgIpc) is 3.02. The lowest BCUT2D eigenvalue weighted by molar-refractivity contribution is -0.122. The van der Waals surface area contributed by atoms with Crippen molar-refractivity contribution in [2.45, 2.75) is 18.6 Å². The van der Waals surface area contributed by atoms with Crippen LogP contribution in [0.1, 0.15) is 16.8 Å². The van der Waals surface area contributed by atoms with Crippen LogP contribution in [0.4, 0.5) is 14.5 Å². The summed E-state index contributed by atoms with van der Waals surface area (Å²) in [5, 5.41) is 2.76. The molecule has 0 saturated carbocycles. The number of hydrogen-bond acceptors (Lipinski definition) is 3. The van der Waals surface area contributed by atoms with Crippen molar-refractivity contribution in [3.8, 4) is 11.1 Å². The van der Waals surface area contributed by atoms with Crippen molar-refractivity contribution in [3.05, 3.63) is 53.6 Å². The molecule has 0 unspecified atom stereocenters. The van der Waals surface area contributed by atoms with Crippen molar-refractivity contribution < 1.29 is 23.1 Å². The highest BCUT2D eigenvalue weighted by Crippen LogP contribution is 2.33. The molecular weight excluding hydrogens is 342 g/mol. The Morgan fingerprint density at radius 3 is 2.65 bits per heavy atom. The van der Waals surface area contributed by atoms with Crippen LogP contribution >= 0.6 is 0 Å². The first-order valence-electron chi connectivity index (χ1n) is 8.23. The Bertz CT molecular complexity index is 916. The average molecular weight is 358 g/mol. The van der Waals surface area contributed by atoms with Gasteiger partial charge in [-0.1, -0.05) is 6.07 Å². The van der Waals surface area contributed by atoms with E-state index in [1.165, 1.54) is 24.1 Å². The Hall–Kier alpha value is -2.80. The summed E-state index contributed by atoms with van der Waals surface area (Å²) < 4.78 is 32.6. The van der Waals surface area contributed by atoms with E-state index in [9.17, 15) is 18.4 Å². The molecule has 5 nitrogen and oxygen atoms in total. The van der Waals surface area contributed by atoms with Crippen LogP contribution in [-0.2, 0) is 9.53 Å². The van der Waals surface area contributed by atoms with Gasteiger partial charge in [-0.05, 0) is 36.2 Å². The van der Waals surface area contributed by atoms with Crippen LogP contribution in [0.25, 0.3) is 11.1 Å². The molecule has 0 bridgehead atoms. The Morgan fingerprint density at radius 2 is 1.92 bits per heavy atom. The molecule has 4 rings (SSSR count). The third-order valence-corrected chi connectivity index (χ3v) is 4.92. The normalized spacial score (nSPS) is 21.9. The van der Waals surface area contributed by atoms with Crippen LogP contribution in [0.2, 0.25) is 0 Å². The first-order chi connectivity index (χ1) is 12.5. The first-order valence-corrected chi connectivity index (χ1v) is 8.23. The number of halogens is 2. The summed E-state index contributed by atoms with van der Waals surface area (Å²) in [7, 11) is 1.51. The van der Waals surface area contributed by atoms with Gasteiger partial charge in [0, 0.05) is 25.3 Å². The van der Waals surface area contributed by atoms with E-state index >= 15 is 0 Å². The van der Waals surface area contributed by atoms with Gasteiger partial charge in [-0.25, -0.2) is 8.78 Å². The number of carbonyl (C=O) groups excluding carboxylic acids is 2. The van der Waals surface area contributed by atoms with Crippen molar-refractivity contribution in [1.29, 1.82) is 0 Å². The van der Waals surface area contributed by atoms with E-state index in [2.05, 4.69) is 5.32 Å². The topological polar surface area (TPSA) is 58.6 Å². The van der Waals surface area contributed by atoms with Crippen molar-refractivity contribution in [2.75, 3.05) is 19.0 Å².